The van der Waals surface area contributed by atoms with Crippen LogP contribution in [0.4, 0.5) is 0 Å². The lowest BCUT2D eigenvalue weighted by molar-refractivity contribution is -0.268. The number of hydrogen-bond donors (Lipinski definition) is 0. The number of halogens is 1. The minimum absolute atomic E-state index is 0.233. The van der Waals surface area contributed by atoms with Crippen LogP contribution in [0.3, 0.4) is 0 Å². The lowest BCUT2D eigenvalue weighted by Crippen LogP contribution is -2.61. The zero-order valence-corrected chi connectivity index (χ0v) is 22.2. The van der Waals surface area contributed by atoms with Crippen molar-refractivity contribution in [3.05, 3.63) is 57.3 Å². The van der Waals surface area contributed by atoms with Gasteiger partial charge in [-0.15, -0.1) is 0 Å². The smallest absolute Gasteiger partial charge is 0.303 e. The molecule has 0 amide bonds. The highest BCUT2D eigenvalue weighted by atomic mass is 35.5. The van der Waals surface area contributed by atoms with Crippen molar-refractivity contribution in [2.24, 2.45) is 0 Å². The Morgan fingerprint density at radius 2 is 1.44 bits per heavy atom. The van der Waals surface area contributed by atoms with Crippen LogP contribution in [0.25, 0.3) is 11.3 Å². The zero-order chi connectivity index (χ0) is 28.9. The first-order chi connectivity index (χ1) is 18.4. The number of benzene rings is 1. The summed E-state index contributed by atoms with van der Waals surface area (Å²) in [6.45, 7) is 3.94. The van der Waals surface area contributed by atoms with Crippen molar-refractivity contribution in [2.75, 3.05) is 6.61 Å². The van der Waals surface area contributed by atoms with E-state index in [1.165, 1.54) is 12.1 Å². The summed E-state index contributed by atoms with van der Waals surface area (Å²) >= 11 is 6.03. The van der Waals surface area contributed by atoms with E-state index in [1.807, 2.05) is 0 Å². The second-order valence-electron chi connectivity index (χ2n) is 8.52. The molecule has 1 aromatic heterocycles. The number of nitriles is 1. The van der Waals surface area contributed by atoms with E-state index in [1.54, 1.807) is 30.3 Å². The Hall–Kier alpha value is -4.21. The van der Waals surface area contributed by atoms with Gasteiger partial charge in [-0.2, -0.15) is 5.26 Å². The molecule has 0 aliphatic carbocycles. The molecule has 12 nitrogen and oxygen atoms in total. The van der Waals surface area contributed by atoms with E-state index in [-0.39, 0.29) is 11.3 Å². The van der Waals surface area contributed by atoms with Gasteiger partial charge in [0, 0.05) is 32.7 Å². The van der Waals surface area contributed by atoms with Gasteiger partial charge >= 0.3 is 23.9 Å². The molecular formula is C26H25ClN2O10. The molecule has 3 rings (SSSR count). The van der Waals surface area contributed by atoms with Gasteiger partial charge < -0.3 is 23.7 Å². The second kappa shape index (κ2) is 12.6. The largest absolute Gasteiger partial charge is 0.463 e. The van der Waals surface area contributed by atoms with Crippen LogP contribution in [0.2, 0.25) is 5.02 Å². The summed E-state index contributed by atoms with van der Waals surface area (Å²) in [6, 6.07) is 11.0. The number of hydrogen-bond acceptors (Lipinski definition) is 11. The number of rotatable bonds is 7. The Labute approximate surface area is 227 Å². The lowest BCUT2D eigenvalue weighted by atomic mass is 9.96. The molecule has 0 N–H and O–H groups in total. The van der Waals surface area contributed by atoms with Crippen molar-refractivity contribution in [2.45, 2.75) is 58.3 Å². The molecule has 0 unspecified atom stereocenters. The van der Waals surface area contributed by atoms with Gasteiger partial charge in [-0.05, 0) is 29.8 Å². The number of carbonyl (C=O) groups excluding carboxylic acids is 4. The Balaban J connectivity index is 2.30. The van der Waals surface area contributed by atoms with E-state index in [0.29, 0.717) is 10.6 Å². The Morgan fingerprint density at radius 3 is 1.97 bits per heavy atom. The third-order valence-corrected chi connectivity index (χ3v) is 5.85. The van der Waals surface area contributed by atoms with Gasteiger partial charge in [0.1, 0.15) is 24.3 Å². The zero-order valence-electron chi connectivity index (χ0n) is 21.4. The fraction of sp³-hybridized carbons (Fsp3) is 0.385. The van der Waals surface area contributed by atoms with Crippen LogP contribution in [0.1, 0.15) is 39.5 Å². The standard InChI is InChI=1S/C26H25ClN2O10/c1-13(30)35-12-21-22(36-14(2)31)23(37-15(3)32)24(38-16(4)33)26(39-21)29-20(10-7-18(11-28)25(29)34)17-5-8-19(27)9-6-17/h5-10,21-24,26H,12H2,1-4H3/t21-,22+,23+,24-,26-/m1/s1. The molecule has 13 heteroatoms. The molecule has 2 heterocycles. The van der Waals surface area contributed by atoms with Gasteiger partial charge in [0.15, 0.2) is 24.5 Å². The van der Waals surface area contributed by atoms with Crippen LogP contribution >= 0.6 is 11.6 Å². The maximum Gasteiger partial charge on any atom is 0.303 e. The van der Waals surface area contributed by atoms with Crippen LogP contribution in [0.15, 0.2) is 41.2 Å². The topological polar surface area (TPSA) is 160 Å². The quantitative estimate of drug-likeness (QED) is 0.361. The molecule has 0 saturated carbocycles. The highest BCUT2D eigenvalue weighted by Gasteiger charge is 2.53. The molecular weight excluding hydrogens is 536 g/mol. The summed E-state index contributed by atoms with van der Waals surface area (Å²) in [5.41, 5.74) is -0.364. The maximum absolute atomic E-state index is 13.6. The summed E-state index contributed by atoms with van der Waals surface area (Å²) in [5, 5.41) is 9.99. The molecule has 1 aromatic carbocycles. The molecule has 0 bridgehead atoms. The first-order valence-electron chi connectivity index (χ1n) is 11.6. The molecule has 1 aliphatic heterocycles. The van der Waals surface area contributed by atoms with Gasteiger partial charge in [-0.3, -0.25) is 28.5 Å². The van der Waals surface area contributed by atoms with E-state index < -0.39 is 66.7 Å². The average molecular weight is 561 g/mol. The first kappa shape index (κ1) is 29.3. The molecule has 0 spiro atoms. The summed E-state index contributed by atoms with van der Waals surface area (Å²) in [7, 11) is 0. The van der Waals surface area contributed by atoms with E-state index in [2.05, 4.69) is 0 Å². The molecule has 1 fully saturated rings. The number of esters is 4. The molecule has 1 aliphatic rings. The minimum Gasteiger partial charge on any atom is -0.463 e. The monoisotopic (exact) mass is 560 g/mol. The molecule has 206 valence electrons. The van der Waals surface area contributed by atoms with Crippen molar-refractivity contribution in [3.63, 3.8) is 0 Å². The molecule has 2 aromatic rings. The Bertz CT molecular complexity index is 1360. The van der Waals surface area contributed by atoms with Crippen molar-refractivity contribution in [3.8, 4) is 17.3 Å². The number of carbonyl (C=O) groups is 4. The minimum atomic E-state index is -1.54. The van der Waals surface area contributed by atoms with Crippen LogP contribution in [-0.2, 0) is 42.9 Å². The fourth-order valence-corrected chi connectivity index (χ4v) is 4.29. The molecule has 39 heavy (non-hydrogen) atoms. The van der Waals surface area contributed by atoms with Gasteiger partial charge in [-0.25, -0.2) is 0 Å². The molecule has 1 saturated heterocycles. The number of pyridine rings is 1. The summed E-state index contributed by atoms with van der Waals surface area (Å²) < 4.78 is 28.6. The van der Waals surface area contributed by atoms with Gasteiger partial charge in [0.2, 0.25) is 0 Å². The van der Waals surface area contributed by atoms with Crippen molar-refractivity contribution in [1.29, 1.82) is 5.26 Å². The highest BCUT2D eigenvalue weighted by molar-refractivity contribution is 6.30. The predicted octanol–water partition coefficient (Wildman–Crippen LogP) is 2.30. The molecule has 5 atom stereocenters. The average Bonchev–Trinajstić information content (AvgIpc) is 2.85. The maximum atomic E-state index is 13.6. The summed E-state index contributed by atoms with van der Waals surface area (Å²) in [5.74, 6) is -3.13. The SMILES string of the molecule is CC(=O)OC[C@H]1O[C@@H](n2c(-c3ccc(Cl)cc3)ccc(C#N)c2=O)[C@H](OC(C)=O)[C@@H](OC(C)=O)[C@H]1OC(C)=O. The summed E-state index contributed by atoms with van der Waals surface area (Å²) in [4.78, 5) is 61.5. The van der Waals surface area contributed by atoms with Crippen molar-refractivity contribution >= 4 is 35.5 Å². The second-order valence-corrected chi connectivity index (χ2v) is 8.95. The van der Waals surface area contributed by atoms with E-state index >= 15 is 0 Å². The van der Waals surface area contributed by atoms with Gasteiger partial charge in [0.05, 0.1) is 5.69 Å². The van der Waals surface area contributed by atoms with Gasteiger partial charge in [-0.1, -0.05) is 23.7 Å². The van der Waals surface area contributed by atoms with Crippen LogP contribution < -0.4 is 5.56 Å². The molecule has 0 radical (unpaired) electrons. The summed E-state index contributed by atoms with van der Waals surface area (Å²) in [6.07, 6.45) is -7.25. The van der Waals surface area contributed by atoms with Gasteiger partial charge in [0.25, 0.3) is 5.56 Å². The van der Waals surface area contributed by atoms with Crippen molar-refractivity contribution < 1.29 is 42.9 Å². The van der Waals surface area contributed by atoms with Crippen LogP contribution in [0.5, 0.6) is 0 Å². The van der Waals surface area contributed by atoms with E-state index in [4.69, 9.17) is 35.3 Å². The number of ether oxygens (including phenoxy) is 5. The number of nitrogens with zero attached hydrogens (tertiary/aromatic N) is 2. The van der Waals surface area contributed by atoms with E-state index in [0.717, 1.165) is 32.3 Å². The Morgan fingerprint density at radius 1 is 0.872 bits per heavy atom. The van der Waals surface area contributed by atoms with Crippen molar-refractivity contribution in [1.82, 2.24) is 4.57 Å². The first-order valence-corrected chi connectivity index (χ1v) is 12.0. The third kappa shape index (κ3) is 7.01. The predicted molar refractivity (Wildman–Crippen MR) is 133 cm³/mol. The fourth-order valence-electron chi connectivity index (χ4n) is 4.16. The lowest BCUT2D eigenvalue weighted by Gasteiger charge is -2.45. The van der Waals surface area contributed by atoms with Crippen LogP contribution in [0, 0.1) is 11.3 Å². The Kier molecular flexibility index (Phi) is 9.45. The van der Waals surface area contributed by atoms with E-state index in [9.17, 15) is 29.2 Å². The van der Waals surface area contributed by atoms with Crippen LogP contribution in [-0.4, -0.2) is 59.5 Å². The normalized spacial score (nSPS) is 22.2. The highest BCUT2D eigenvalue weighted by Crippen LogP contribution is 2.36. The number of aromatic nitrogens is 1. The third-order valence-electron chi connectivity index (χ3n) is 5.60.